The van der Waals surface area contributed by atoms with Gasteiger partial charge in [0.1, 0.15) is 12.2 Å². The van der Waals surface area contributed by atoms with Crippen molar-refractivity contribution in [3.05, 3.63) is 33.2 Å². The average Bonchev–Trinajstić information content (AvgIpc) is 2.36. The lowest BCUT2D eigenvalue weighted by Crippen LogP contribution is -2.39. The van der Waals surface area contributed by atoms with Gasteiger partial charge in [-0.2, -0.15) is 17.0 Å². The van der Waals surface area contributed by atoms with E-state index in [0.29, 0.717) is 11.3 Å². The highest BCUT2D eigenvalue weighted by Gasteiger charge is 2.21. The first-order valence-corrected chi connectivity index (χ1v) is 7.98. The van der Waals surface area contributed by atoms with Crippen molar-refractivity contribution < 1.29 is 17.9 Å². The summed E-state index contributed by atoms with van der Waals surface area (Å²) >= 11 is 0. The van der Waals surface area contributed by atoms with Gasteiger partial charge in [0, 0.05) is 33.4 Å². The predicted molar refractivity (Wildman–Crippen MR) is 82.1 cm³/mol. The van der Waals surface area contributed by atoms with Crippen molar-refractivity contribution in [2.75, 3.05) is 34.3 Å². The van der Waals surface area contributed by atoms with E-state index < -0.39 is 21.7 Å². The number of ether oxygens (including phenoxy) is 1. The number of nitrogens with zero attached hydrogens (tertiary/aromatic N) is 2. The van der Waals surface area contributed by atoms with Crippen LogP contribution < -0.4 is 5.56 Å². The monoisotopic (exact) mass is 331 g/mol. The maximum Gasteiger partial charge on any atom is 0.344 e. The highest BCUT2D eigenvalue weighted by atomic mass is 32.2. The van der Waals surface area contributed by atoms with Gasteiger partial charge in [0.2, 0.25) is 0 Å². The molecule has 0 unspecified atom stereocenters. The number of H-pyrrole nitrogens is 1. The lowest BCUT2D eigenvalue weighted by molar-refractivity contribution is 0.0490. The fourth-order valence-corrected chi connectivity index (χ4v) is 2.70. The number of nitrogens with one attached hydrogen (secondary N) is 1. The van der Waals surface area contributed by atoms with Gasteiger partial charge < -0.3 is 9.72 Å². The highest BCUT2D eigenvalue weighted by molar-refractivity contribution is 7.86. The van der Waals surface area contributed by atoms with Crippen molar-refractivity contribution >= 4 is 16.2 Å². The molecule has 124 valence electrons. The van der Waals surface area contributed by atoms with E-state index in [-0.39, 0.29) is 18.7 Å². The second kappa shape index (κ2) is 7.03. The molecule has 0 aromatic carbocycles. The Morgan fingerprint density at radius 3 is 2.36 bits per heavy atom. The minimum atomic E-state index is -3.55. The number of likely N-dealkylation sites (N-methyl/N-ethyl adjacent to an activating group) is 1. The first kappa shape index (κ1) is 18.3. The SMILES string of the molecule is Cc1cc(C)c(C(=O)OCCN(C)S(=O)(=O)N(C)C)c(=O)[nH]1. The zero-order valence-corrected chi connectivity index (χ0v) is 14.2. The smallest absolute Gasteiger partial charge is 0.344 e. The Bertz CT molecular complexity index is 709. The molecule has 0 spiro atoms. The summed E-state index contributed by atoms with van der Waals surface area (Å²) in [6.07, 6.45) is 0. The number of esters is 1. The van der Waals surface area contributed by atoms with Crippen LogP contribution in [0.4, 0.5) is 0 Å². The summed E-state index contributed by atoms with van der Waals surface area (Å²) in [6, 6.07) is 1.67. The fraction of sp³-hybridized carbons (Fsp3) is 0.538. The number of carbonyl (C=O) groups is 1. The molecule has 0 amide bonds. The molecular formula is C13H21N3O5S. The van der Waals surface area contributed by atoms with Crippen LogP contribution in [0, 0.1) is 13.8 Å². The molecular weight excluding hydrogens is 310 g/mol. The zero-order chi connectivity index (χ0) is 17.1. The van der Waals surface area contributed by atoms with Crippen LogP contribution in [0.15, 0.2) is 10.9 Å². The van der Waals surface area contributed by atoms with Gasteiger partial charge in [0.15, 0.2) is 0 Å². The summed E-state index contributed by atoms with van der Waals surface area (Å²) in [5, 5.41) is 0. The summed E-state index contributed by atoms with van der Waals surface area (Å²) in [6.45, 7) is 3.20. The number of aryl methyl sites for hydroxylation is 2. The largest absolute Gasteiger partial charge is 0.461 e. The van der Waals surface area contributed by atoms with E-state index in [1.54, 1.807) is 19.9 Å². The average molecular weight is 331 g/mol. The van der Waals surface area contributed by atoms with Gasteiger partial charge in [-0.05, 0) is 25.5 Å². The summed E-state index contributed by atoms with van der Waals surface area (Å²) < 4.78 is 30.7. The fourth-order valence-electron chi connectivity index (χ4n) is 1.84. The van der Waals surface area contributed by atoms with E-state index in [1.165, 1.54) is 21.1 Å². The molecule has 1 heterocycles. The van der Waals surface area contributed by atoms with Crippen LogP contribution in [0.25, 0.3) is 0 Å². The number of hydrogen-bond acceptors (Lipinski definition) is 5. The number of rotatable bonds is 6. The Morgan fingerprint density at radius 2 is 1.86 bits per heavy atom. The summed E-state index contributed by atoms with van der Waals surface area (Å²) in [4.78, 5) is 26.3. The maximum atomic E-state index is 11.9. The maximum absolute atomic E-state index is 11.9. The molecule has 0 fully saturated rings. The van der Waals surface area contributed by atoms with Crippen molar-refractivity contribution in [2.24, 2.45) is 0 Å². The van der Waals surface area contributed by atoms with Gasteiger partial charge >= 0.3 is 5.97 Å². The molecule has 9 heteroatoms. The first-order valence-electron chi connectivity index (χ1n) is 6.58. The number of aromatic amines is 1. The van der Waals surface area contributed by atoms with Gasteiger partial charge in [-0.25, -0.2) is 4.79 Å². The molecule has 8 nitrogen and oxygen atoms in total. The van der Waals surface area contributed by atoms with Crippen molar-refractivity contribution in [3.8, 4) is 0 Å². The lowest BCUT2D eigenvalue weighted by Gasteiger charge is -2.21. The molecule has 0 radical (unpaired) electrons. The quantitative estimate of drug-likeness (QED) is 0.733. The molecule has 0 aliphatic carbocycles. The molecule has 0 bridgehead atoms. The number of pyridine rings is 1. The summed E-state index contributed by atoms with van der Waals surface area (Å²) in [5.74, 6) is -0.769. The van der Waals surface area contributed by atoms with Crippen LogP contribution in [0.1, 0.15) is 21.6 Å². The lowest BCUT2D eigenvalue weighted by atomic mass is 10.1. The van der Waals surface area contributed by atoms with Gasteiger partial charge in [-0.15, -0.1) is 0 Å². The van der Waals surface area contributed by atoms with Gasteiger partial charge in [-0.1, -0.05) is 0 Å². The van der Waals surface area contributed by atoms with Crippen molar-refractivity contribution in [1.82, 2.24) is 13.6 Å². The third kappa shape index (κ3) is 4.15. The van der Waals surface area contributed by atoms with Crippen LogP contribution in [-0.2, 0) is 14.9 Å². The Hall–Kier alpha value is -1.71. The van der Waals surface area contributed by atoms with Crippen LogP contribution in [0.3, 0.4) is 0 Å². The molecule has 1 N–H and O–H groups in total. The van der Waals surface area contributed by atoms with Crippen LogP contribution >= 0.6 is 0 Å². The Kier molecular flexibility index (Phi) is 5.86. The summed E-state index contributed by atoms with van der Waals surface area (Å²) in [5.41, 5.74) is 0.580. The zero-order valence-electron chi connectivity index (χ0n) is 13.3. The second-order valence-corrected chi connectivity index (χ2v) is 7.34. The molecule has 0 aliphatic rings. The number of aromatic nitrogens is 1. The van der Waals surface area contributed by atoms with Gasteiger partial charge in [0.05, 0.1) is 0 Å². The molecule has 0 atom stereocenters. The standard InChI is InChI=1S/C13H21N3O5S/c1-9-8-10(2)14-12(17)11(9)13(18)21-7-6-16(5)22(19,20)15(3)4/h8H,6-7H2,1-5H3,(H,14,17). The predicted octanol–water partition coefficient (Wildman–Crippen LogP) is -0.113. The minimum absolute atomic E-state index is 0.00489. The first-order chi connectivity index (χ1) is 10.1. The van der Waals surface area contributed by atoms with Crippen LogP contribution in [0.2, 0.25) is 0 Å². The molecule has 1 aromatic heterocycles. The molecule has 1 aromatic rings. The van der Waals surface area contributed by atoms with E-state index in [0.717, 1.165) is 8.61 Å². The van der Waals surface area contributed by atoms with Crippen molar-refractivity contribution in [2.45, 2.75) is 13.8 Å². The second-order valence-electron chi connectivity index (χ2n) is 5.09. The Morgan fingerprint density at radius 1 is 1.27 bits per heavy atom. The van der Waals surface area contributed by atoms with E-state index in [4.69, 9.17) is 4.74 Å². The van der Waals surface area contributed by atoms with Gasteiger partial charge in [-0.3, -0.25) is 4.79 Å². The molecule has 0 saturated heterocycles. The Labute approximate surface area is 129 Å². The van der Waals surface area contributed by atoms with Gasteiger partial charge in [0.25, 0.3) is 15.8 Å². The normalized spacial score (nSPS) is 12.0. The number of hydrogen-bond donors (Lipinski definition) is 1. The van der Waals surface area contributed by atoms with E-state index in [2.05, 4.69) is 4.98 Å². The van der Waals surface area contributed by atoms with Crippen molar-refractivity contribution in [1.29, 1.82) is 0 Å². The van der Waals surface area contributed by atoms with E-state index in [9.17, 15) is 18.0 Å². The highest BCUT2D eigenvalue weighted by Crippen LogP contribution is 2.06. The third-order valence-electron chi connectivity index (χ3n) is 3.06. The van der Waals surface area contributed by atoms with E-state index in [1.807, 2.05) is 0 Å². The number of carbonyl (C=O) groups excluding carboxylic acids is 1. The molecule has 0 saturated carbocycles. The molecule has 1 rings (SSSR count). The molecule has 0 aliphatic heterocycles. The molecule has 22 heavy (non-hydrogen) atoms. The summed E-state index contributed by atoms with van der Waals surface area (Å²) in [7, 11) is 0.648. The third-order valence-corrected chi connectivity index (χ3v) is 4.96. The Balaban J connectivity index is 2.71. The van der Waals surface area contributed by atoms with E-state index >= 15 is 0 Å². The van der Waals surface area contributed by atoms with Crippen LogP contribution in [0.5, 0.6) is 0 Å². The van der Waals surface area contributed by atoms with Crippen molar-refractivity contribution in [3.63, 3.8) is 0 Å². The van der Waals surface area contributed by atoms with Crippen LogP contribution in [-0.4, -0.2) is 62.3 Å². The minimum Gasteiger partial charge on any atom is -0.461 e. The topological polar surface area (TPSA) is 99.8 Å².